The van der Waals surface area contributed by atoms with Crippen LogP contribution >= 0.6 is 11.6 Å². The van der Waals surface area contributed by atoms with E-state index >= 15 is 0 Å². The van der Waals surface area contributed by atoms with Gasteiger partial charge in [-0.05, 0) is 49.6 Å². The number of carbonyl (C=O) groups excluding carboxylic acids is 4. The van der Waals surface area contributed by atoms with Gasteiger partial charge < -0.3 is 39.1 Å². The minimum atomic E-state index is -1.14. The lowest BCUT2D eigenvalue weighted by Crippen LogP contribution is -2.57. The molecule has 1 spiro atoms. The first-order valence-electron chi connectivity index (χ1n) is 16.9. The molecule has 0 radical (unpaired) electrons. The van der Waals surface area contributed by atoms with Crippen molar-refractivity contribution in [1.82, 2.24) is 10.3 Å². The smallest absolute Gasteiger partial charge is 0.397 e. The molecule has 2 unspecified atom stereocenters. The molecule has 13 heteroatoms. The number of amides is 1. The van der Waals surface area contributed by atoms with Crippen molar-refractivity contribution in [3.8, 4) is 0 Å². The zero-order valence-electron chi connectivity index (χ0n) is 28.5. The average Bonchev–Trinajstić information content (AvgIpc) is 3.70. The van der Waals surface area contributed by atoms with Crippen LogP contribution in [0.15, 0.2) is 66.4 Å². The molecule has 1 aromatic carbocycles. The molecular weight excluding hydrogens is 668 g/mol. The zero-order chi connectivity index (χ0) is 35.9. The molecule has 268 valence electrons. The Morgan fingerprint density at radius 1 is 1.16 bits per heavy atom. The maximum absolute atomic E-state index is 13.6. The Morgan fingerprint density at radius 2 is 1.92 bits per heavy atom. The minimum absolute atomic E-state index is 0.0194. The summed E-state index contributed by atoms with van der Waals surface area (Å²) in [6.07, 6.45) is 2.42. The monoisotopic (exact) mass is 710 g/mol. The fraction of sp³-hybridized carbons (Fsp3) is 0.514. The average molecular weight is 711 g/mol. The molecule has 50 heavy (non-hydrogen) atoms. The van der Waals surface area contributed by atoms with Crippen LogP contribution in [0.3, 0.4) is 0 Å². The second-order valence-corrected chi connectivity index (χ2v) is 14.1. The molecule has 3 heterocycles. The van der Waals surface area contributed by atoms with Crippen LogP contribution in [0, 0.1) is 29.6 Å². The van der Waals surface area contributed by atoms with Gasteiger partial charge in [-0.3, -0.25) is 4.79 Å². The van der Waals surface area contributed by atoms with E-state index in [1.54, 1.807) is 49.5 Å². The largest absolute Gasteiger partial charge is 0.456 e. The number of esters is 3. The summed E-state index contributed by atoms with van der Waals surface area (Å²) in [7, 11) is 1.41. The van der Waals surface area contributed by atoms with Gasteiger partial charge in [0.25, 0.3) is 0 Å². The molecule has 2 aromatic rings. The van der Waals surface area contributed by atoms with E-state index in [-0.39, 0.29) is 18.9 Å². The molecule has 2 aliphatic heterocycles. The van der Waals surface area contributed by atoms with E-state index in [1.165, 1.54) is 7.11 Å². The SMILES string of the molecule is CO[C@H]1C[C@H]2C=CC3C4[C@H](O)[C@@H](C)[C@@H](OC(=O)c5ccc[nH]5)[C@@H]3O[C@]42/C(C)=C/[C@@H](C)[C@@H]([C@@H](C)OC(=O)C(=O)NCc2ccccc2Cl)OC1=O. The fourth-order valence-corrected chi connectivity index (χ4v) is 8.51. The minimum Gasteiger partial charge on any atom is -0.456 e. The Labute approximate surface area is 295 Å². The van der Waals surface area contributed by atoms with Crippen LogP contribution in [-0.2, 0) is 44.6 Å². The highest BCUT2D eigenvalue weighted by Gasteiger charge is 2.69. The Hall–Kier alpha value is -3.97. The predicted molar refractivity (Wildman–Crippen MR) is 179 cm³/mol. The van der Waals surface area contributed by atoms with Gasteiger partial charge in [-0.1, -0.05) is 61.9 Å². The van der Waals surface area contributed by atoms with E-state index in [1.807, 2.05) is 39.0 Å². The number of aliphatic hydroxyl groups excluding tert-OH is 1. The van der Waals surface area contributed by atoms with Crippen LogP contribution in [-0.4, -0.2) is 83.2 Å². The quantitative estimate of drug-likeness (QED) is 0.166. The van der Waals surface area contributed by atoms with E-state index < -0.39 is 89.7 Å². The number of aromatic amines is 1. The molecule has 1 saturated carbocycles. The second kappa shape index (κ2) is 14.3. The number of carbonyl (C=O) groups is 4. The van der Waals surface area contributed by atoms with Crippen molar-refractivity contribution in [3.63, 3.8) is 0 Å². The molecule has 4 aliphatic rings. The first kappa shape index (κ1) is 35.8. The van der Waals surface area contributed by atoms with Crippen LogP contribution in [0.2, 0.25) is 5.02 Å². The lowest BCUT2D eigenvalue weighted by molar-refractivity contribution is -0.180. The lowest BCUT2D eigenvalue weighted by atomic mass is 9.57. The fourth-order valence-electron chi connectivity index (χ4n) is 8.31. The first-order valence-corrected chi connectivity index (χ1v) is 17.3. The lowest BCUT2D eigenvalue weighted by Gasteiger charge is -2.48. The summed E-state index contributed by atoms with van der Waals surface area (Å²) in [6.45, 7) is 7.16. The molecule has 1 aromatic heterocycles. The van der Waals surface area contributed by atoms with E-state index in [2.05, 4.69) is 10.3 Å². The normalized spacial score (nSPS) is 36.2. The number of hydrogen-bond donors (Lipinski definition) is 3. The van der Waals surface area contributed by atoms with Crippen LogP contribution in [0.5, 0.6) is 0 Å². The number of H-pyrrole nitrogens is 1. The van der Waals surface area contributed by atoms with Gasteiger partial charge in [-0.25, -0.2) is 14.4 Å². The van der Waals surface area contributed by atoms with Crippen LogP contribution in [0.1, 0.15) is 50.2 Å². The molecule has 4 bridgehead atoms. The van der Waals surface area contributed by atoms with Gasteiger partial charge in [0.1, 0.15) is 35.7 Å². The van der Waals surface area contributed by atoms with Crippen molar-refractivity contribution in [3.05, 3.63) is 82.7 Å². The standard InChI is InChI=1S/C37H43ClN2O10/c1-18-15-19(2)37-23(12-13-24-28(37)29(41)20(3)31(32(24)50-37)49-34(43)26-11-8-14-39-26)16-27(46-5)35(44)48-30(18)21(4)47-36(45)33(42)40-17-22-9-6-7-10-25(22)38/h6-15,18,20-21,23-24,27-32,39,41H,16-17H2,1-5H3,(H,40,42)/b19-15+/t18-,20-,21-,23-,24?,27+,28?,29-,30+,31-,32-,37+/m1/s1. The Bertz CT molecular complexity index is 1680. The molecular formula is C37H43ClN2O10. The molecule has 1 saturated heterocycles. The molecule has 2 fully saturated rings. The molecule has 6 rings (SSSR count). The Balaban J connectivity index is 1.27. The summed E-state index contributed by atoms with van der Waals surface area (Å²) >= 11 is 6.17. The number of cyclic esters (lactones) is 1. The highest BCUT2D eigenvalue weighted by atomic mass is 35.5. The van der Waals surface area contributed by atoms with Gasteiger partial charge in [-0.15, -0.1) is 0 Å². The summed E-state index contributed by atoms with van der Waals surface area (Å²) in [5, 5.41) is 14.9. The van der Waals surface area contributed by atoms with Gasteiger partial charge >= 0.3 is 23.8 Å². The molecule has 1 amide bonds. The van der Waals surface area contributed by atoms with Crippen molar-refractivity contribution in [2.24, 2.45) is 29.6 Å². The summed E-state index contributed by atoms with van der Waals surface area (Å²) in [6, 6.07) is 10.3. The molecule has 12 atom stereocenters. The van der Waals surface area contributed by atoms with Gasteiger partial charge in [0, 0.05) is 54.5 Å². The third-order valence-corrected chi connectivity index (χ3v) is 11.2. The van der Waals surface area contributed by atoms with Gasteiger partial charge in [0.2, 0.25) is 0 Å². The number of methoxy groups -OCH3 is 1. The number of rotatable bonds is 7. The number of hydrogen-bond acceptors (Lipinski definition) is 10. The maximum Gasteiger partial charge on any atom is 0.397 e. The zero-order valence-corrected chi connectivity index (χ0v) is 29.3. The Kier molecular flexibility index (Phi) is 10.3. The maximum atomic E-state index is 13.6. The topological polar surface area (TPSA) is 162 Å². The molecule has 3 N–H and O–H groups in total. The van der Waals surface area contributed by atoms with Crippen molar-refractivity contribution in [2.75, 3.05) is 7.11 Å². The number of ether oxygens (including phenoxy) is 5. The highest BCUT2D eigenvalue weighted by Crippen LogP contribution is 2.61. The van der Waals surface area contributed by atoms with Crippen LogP contribution in [0.25, 0.3) is 0 Å². The van der Waals surface area contributed by atoms with Gasteiger partial charge in [0.15, 0.2) is 6.10 Å². The summed E-state index contributed by atoms with van der Waals surface area (Å²) in [5.74, 6) is -5.39. The van der Waals surface area contributed by atoms with Crippen molar-refractivity contribution in [1.29, 1.82) is 0 Å². The second-order valence-electron chi connectivity index (χ2n) is 13.7. The third-order valence-electron chi connectivity index (χ3n) is 10.8. The predicted octanol–water partition coefficient (Wildman–Crippen LogP) is 3.92. The van der Waals surface area contributed by atoms with E-state index in [0.29, 0.717) is 16.3 Å². The van der Waals surface area contributed by atoms with Crippen molar-refractivity contribution in [2.45, 2.75) is 82.9 Å². The number of benzene rings is 1. The van der Waals surface area contributed by atoms with Gasteiger partial charge in [0.05, 0.1) is 6.10 Å². The van der Waals surface area contributed by atoms with Crippen molar-refractivity contribution < 1.29 is 48.0 Å². The molecule has 2 aliphatic carbocycles. The van der Waals surface area contributed by atoms with E-state index in [0.717, 1.165) is 5.57 Å². The van der Waals surface area contributed by atoms with Crippen LogP contribution < -0.4 is 5.32 Å². The van der Waals surface area contributed by atoms with E-state index in [9.17, 15) is 24.3 Å². The summed E-state index contributed by atoms with van der Waals surface area (Å²) in [4.78, 5) is 55.1. The number of aromatic nitrogens is 1. The van der Waals surface area contributed by atoms with E-state index in [4.69, 9.17) is 35.3 Å². The number of aliphatic hydroxyl groups is 1. The highest BCUT2D eigenvalue weighted by molar-refractivity contribution is 6.33. The van der Waals surface area contributed by atoms with Gasteiger partial charge in [-0.2, -0.15) is 0 Å². The van der Waals surface area contributed by atoms with Crippen LogP contribution in [0.4, 0.5) is 0 Å². The molecule has 12 nitrogen and oxygen atoms in total. The summed E-state index contributed by atoms with van der Waals surface area (Å²) in [5.41, 5.74) is 0.639. The number of halogens is 1. The third kappa shape index (κ3) is 6.38. The first-order chi connectivity index (χ1) is 23.9. The Morgan fingerprint density at radius 3 is 2.62 bits per heavy atom. The van der Waals surface area contributed by atoms with Crippen molar-refractivity contribution >= 4 is 35.4 Å². The summed E-state index contributed by atoms with van der Waals surface area (Å²) < 4.78 is 30.2. The number of nitrogens with one attached hydrogen (secondary N) is 2.